The topological polar surface area (TPSA) is 45.9 Å². The van der Waals surface area contributed by atoms with Gasteiger partial charge in [0.2, 0.25) is 5.88 Å². The molecule has 15 heavy (non-hydrogen) atoms. The summed E-state index contributed by atoms with van der Waals surface area (Å²) < 4.78 is 6.33. The zero-order valence-electron chi connectivity index (χ0n) is 8.24. The maximum absolute atomic E-state index is 8.89. The van der Waals surface area contributed by atoms with Gasteiger partial charge in [-0.2, -0.15) is 5.26 Å². The van der Waals surface area contributed by atoms with E-state index in [1.54, 1.807) is 12.3 Å². The molecule has 78 valence electrons. The molecule has 0 atom stereocenters. The van der Waals surface area contributed by atoms with Crippen molar-refractivity contribution in [3.05, 3.63) is 22.3 Å². The van der Waals surface area contributed by atoms with Crippen LogP contribution < -0.4 is 4.74 Å². The average molecular weight is 267 g/mol. The maximum atomic E-state index is 8.89. The molecular formula is C11H11BrN2O. The summed E-state index contributed by atoms with van der Waals surface area (Å²) in [5, 5.41) is 8.89. The molecule has 4 heteroatoms. The van der Waals surface area contributed by atoms with E-state index >= 15 is 0 Å². The first-order chi connectivity index (χ1) is 7.29. The molecule has 0 unspecified atom stereocenters. The number of hydrogen-bond donors (Lipinski definition) is 0. The van der Waals surface area contributed by atoms with E-state index < -0.39 is 0 Å². The van der Waals surface area contributed by atoms with Crippen LogP contribution in [0, 0.1) is 17.2 Å². The average Bonchev–Trinajstić information content (AvgIpc) is 2.17. The highest BCUT2D eigenvalue weighted by Crippen LogP contribution is 2.27. The van der Waals surface area contributed by atoms with Gasteiger partial charge in [-0.25, -0.2) is 4.98 Å². The van der Waals surface area contributed by atoms with Gasteiger partial charge in [-0.1, -0.05) is 6.42 Å². The summed E-state index contributed by atoms with van der Waals surface area (Å²) in [4.78, 5) is 4.09. The van der Waals surface area contributed by atoms with Crippen molar-refractivity contribution in [3.8, 4) is 11.9 Å². The number of nitriles is 1. The van der Waals surface area contributed by atoms with E-state index in [-0.39, 0.29) is 0 Å². The fourth-order valence-corrected chi connectivity index (χ4v) is 1.81. The summed E-state index contributed by atoms with van der Waals surface area (Å²) in [6, 6.07) is 3.80. The lowest BCUT2D eigenvalue weighted by atomic mass is 9.86. The number of hydrogen-bond acceptors (Lipinski definition) is 3. The third kappa shape index (κ3) is 2.48. The first-order valence-corrected chi connectivity index (χ1v) is 5.77. The van der Waals surface area contributed by atoms with Crippen molar-refractivity contribution in [1.82, 2.24) is 4.98 Å². The fraction of sp³-hybridized carbons (Fsp3) is 0.455. The van der Waals surface area contributed by atoms with Gasteiger partial charge in [-0.15, -0.1) is 0 Å². The standard InChI is InChI=1S/C11H11BrN2O/c12-10-4-9(5-13)11(14-6-10)15-7-8-2-1-3-8/h4,6,8H,1-3,7H2. The van der Waals surface area contributed by atoms with Crippen LogP contribution in [0.25, 0.3) is 0 Å². The molecule has 0 spiro atoms. The summed E-state index contributed by atoms with van der Waals surface area (Å²) in [6.07, 6.45) is 5.42. The first-order valence-electron chi connectivity index (χ1n) is 4.98. The zero-order valence-corrected chi connectivity index (χ0v) is 9.83. The van der Waals surface area contributed by atoms with Gasteiger partial charge in [-0.3, -0.25) is 0 Å². The van der Waals surface area contributed by atoms with Crippen molar-refractivity contribution < 1.29 is 4.74 Å². The third-order valence-corrected chi connectivity index (χ3v) is 3.05. The molecule has 1 saturated carbocycles. The Morgan fingerprint density at radius 1 is 1.60 bits per heavy atom. The van der Waals surface area contributed by atoms with E-state index in [1.807, 2.05) is 0 Å². The van der Waals surface area contributed by atoms with Crippen molar-refractivity contribution in [1.29, 1.82) is 5.26 Å². The summed E-state index contributed by atoms with van der Waals surface area (Å²) in [5.74, 6) is 1.11. The Bertz CT molecular complexity index is 396. The van der Waals surface area contributed by atoms with Gasteiger partial charge in [0.1, 0.15) is 11.6 Å². The molecular weight excluding hydrogens is 256 g/mol. The highest BCUT2D eigenvalue weighted by molar-refractivity contribution is 9.10. The Labute approximate surface area is 97.2 Å². The van der Waals surface area contributed by atoms with Crippen LogP contribution in [0.15, 0.2) is 16.7 Å². The van der Waals surface area contributed by atoms with Crippen LogP contribution >= 0.6 is 15.9 Å². The van der Waals surface area contributed by atoms with Crippen molar-refractivity contribution in [2.45, 2.75) is 19.3 Å². The minimum Gasteiger partial charge on any atom is -0.476 e. The lowest BCUT2D eigenvalue weighted by Gasteiger charge is -2.24. The van der Waals surface area contributed by atoms with E-state index in [9.17, 15) is 0 Å². The predicted octanol–water partition coefficient (Wildman–Crippen LogP) is 2.89. The predicted molar refractivity (Wildman–Crippen MR) is 59.5 cm³/mol. The molecule has 0 N–H and O–H groups in total. The Balaban J connectivity index is 2.03. The largest absolute Gasteiger partial charge is 0.476 e. The minimum atomic E-state index is 0.451. The van der Waals surface area contributed by atoms with E-state index in [0.717, 1.165) is 4.47 Å². The number of pyridine rings is 1. The maximum Gasteiger partial charge on any atom is 0.231 e. The van der Waals surface area contributed by atoms with E-state index in [0.29, 0.717) is 24.0 Å². The van der Waals surface area contributed by atoms with Gasteiger partial charge in [0.15, 0.2) is 0 Å². The van der Waals surface area contributed by atoms with Crippen molar-refractivity contribution in [3.63, 3.8) is 0 Å². The molecule has 3 nitrogen and oxygen atoms in total. The van der Waals surface area contributed by atoms with Crippen LogP contribution in [0.5, 0.6) is 5.88 Å². The number of rotatable bonds is 3. The monoisotopic (exact) mass is 266 g/mol. The molecule has 1 heterocycles. The minimum absolute atomic E-state index is 0.451. The number of halogens is 1. The Morgan fingerprint density at radius 2 is 2.40 bits per heavy atom. The van der Waals surface area contributed by atoms with Crippen LogP contribution in [-0.4, -0.2) is 11.6 Å². The Kier molecular flexibility index (Phi) is 3.22. The van der Waals surface area contributed by atoms with Crippen LogP contribution in [0.2, 0.25) is 0 Å². The molecule has 1 aromatic heterocycles. The lowest BCUT2D eigenvalue weighted by molar-refractivity contribution is 0.175. The second-order valence-corrected chi connectivity index (χ2v) is 4.64. The normalized spacial score (nSPS) is 15.5. The molecule has 0 bridgehead atoms. The van der Waals surface area contributed by atoms with Crippen molar-refractivity contribution in [2.75, 3.05) is 6.61 Å². The van der Waals surface area contributed by atoms with Crippen LogP contribution in [0.4, 0.5) is 0 Å². The molecule has 0 aliphatic heterocycles. The quantitative estimate of drug-likeness (QED) is 0.845. The Morgan fingerprint density at radius 3 is 3.00 bits per heavy atom. The smallest absolute Gasteiger partial charge is 0.231 e. The van der Waals surface area contributed by atoms with E-state index in [1.165, 1.54) is 19.3 Å². The van der Waals surface area contributed by atoms with E-state index in [4.69, 9.17) is 10.00 Å². The van der Waals surface area contributed by atoms with Gasteiger partial charge in [0.05, 0.1) is 6.61 Å². The number of aromatic nitrogens is 1. The SMILES string of the molecule is N#Cc1cc(Br)cnc1OCC1CCC1. The van der Waals surface area contributed by atoms with Gasteiger partial charge in [0, 0.05) is 10.7 Å². The van der Waals surface area contributed by atoms with Crippen LogP contribution in [0.3, 0.4) is 0 Å². The van der Waals surface area contributed by atoms with Crippen molar-refractivity contribution in [2.24, 2.45) is 5.92 Å². The fourth-order valence-electron chi connectivity index (χ4n) is 1.48. The highest BCUT2D eigenvalue weighted by Gasteiger charge is 2.18. The summed E-state index contributed by atoms with van der Waals surface area (Å²) in [7, 11) is 0. The molecule has 0 saturated heterocycles. The molecule has 1 aromatic rings. The molecule has 0 radical (unpaired) electrons. The second-order valence-electron chi connectivity index (χ2n) is 3.73. The van der Waals surface area contributed by atoms with Gasteiger partial charge in [-0.05, 0) is 40.8 Å². The van der Waals surface area contributed by atoms with Crippen LogP contribution in [0.1, 0.15) is 24.8 Å². The van der Waals surface area contributed by atoms with Gasteiger partial charge >= 0.3 is 0 Å². The Hall–Kier alpha value is -1.08. The van der Waals surface area contributed by atoms with Crippen molar-refractivity contribution >= 4 is 15.9 Å². The lowest BCUT2D eigenvalue weighted by Crippen LogP contribution is -2.19. The molecule has 1 aliphatic carbocycles. The highest BCUT2D eigenvalue weighted by atomic mass is 79.9. The molecule has 2 rings (SSSR count). The van der Waals surface area contributed by atoms with Gasteiger partial charge in [0.25, 0.3) is 0 Å². The van der Waals surface area contributed by atoms with E-state index in [2.05, 4.69) is 27.0 Å². The van der Waals surface area contributed by atoms with Crippen LogP contribution in [-0.2, 0) is 0 Å². The molecule has 1 aliphatic rings. The third-order valence-electron chi connectivity index (χ3n) is 2.62. The number of ether oxygens (including phenoxy) is 1. The summed E-state index contributed by atoms with van der Waals surface area (Å²) in [5.41, 5.74) is 0.490. The summed E-state index contributed by atoms with van der Waals surface area (Å²) >= 11 is 3.27. The summed E-state index contributed by atoms with van der Waals surface area (Å²) in [6.45, 7) is 0.684. The molecule has 1 fully saturated rings. The second kappa shape index (κ2) is 4.63. The number of nitrogens with zero attached hydrogens (tertiary/aromatic N) is 2. The van der Waals surface area contributed by atoms with Gasteiger partial charge < -0.3 is 4.74 Å². The molecule has 0 amide bonds. The zero-order chi connectivity index (χ0) is 10.7. The first kappa shape index (κ1) is 10.4. The molecule has 0 aromatic carbocycles.